The Morgan fingerprint density at radius 2 is 1.83 bits per heavy atom. The minimum absolute atomic E-state index is 0.00987. The van der Waals surface area contributed by atoms with E-state index in [1.165, 1.54) is 32.4 Å². The Morgan fingerprint density at radius 1 is 1.21 bits per heavy atom. The van der Waals surface area contributed by atoms with Crippen LogP contribution in [0.25, 0.3) is 0 Å². The first-order valence-electron chi connectivity index (χ1n) is 7.38. The monoisotopic (exact) mass is 359 g/mol. The summed E-state index contributed by atoms with van der Waals surface area (Å²) in [6, 6.07) is 4.27. The van der Waals surface area contributed by atoms with E-state index >= 15 is 0 Å². The van der Waals surface area contributed by atoms with Crippen molar-refractivity contribution in [1.82, 2.24) is 10.0 Å². The number of ether oxygens (including phenoxy) is 2. The smallest absolute Gasteiger partial charge is 0.240 e. The summed E-state index contributed by atoms with van der Waals surface area (Å²) in [6.07, 6.45) is 0.00987. The van der Waals surface area contributed by atoms with Crippen molar-refractivity contribution in [3.05, 3.63) is 18.2 Å². The van der Waals surface area contributed by atoms with Crippen molar-refractivity contribution < 1.29 is 22.7 Å². The van der Waals surface area contributed by atoms with Gasteiger partial charge in [0.15, 0.2) is 11.5 Å². The van der Waals surface area contributed by atoms with E-state index in [-0.39, 0.29) is 30.3 Å². The number of hydrogen-bond acceptors (Lipinski definition) is 6. The highest BCUT2D eigenvalue weighted by Crippen LogP contribution is 2.29. The van der Waals surface area contributed by atoms with E-state index in [0.717, 1.165) is 0 Å². The fourth-order valence-corrected chi connectivity index (χ4v) is 2.90. The van der Waals surface area contributed by atoms with Crippen LogP contribution in [0.5, 0.6) is 11.5 Å². The molecule has 24 heavy (non-hydrogen) atoms. The average molecular weight is 359 g/mol. The maximum absolute atomic E-state index is 12.3. The lowest BCUT2D eigenvalue weighted by molar-refractivity contribution is -0.122. The van der Waals surface area contributed by atoms with Crippen molar-refractivity contribution in [3.63, 3.8) is 0 Å². The van der Waals surface area contributed by atoms with Crippen molar-refractivity contribution in [2.45, 2.75) is 30.7 Å². The maximum atomic E-state index is 12.3. The molecule has 0 aliphatic carbocycles. The summed E-state index contributed by atoms with van der Waals surface area (Å²) in [6.45, 7) is 3.84. The van der Waals surface area contributed by atoms with Gasteiger partial charge in [0.25, 0.3) is 0 Å². The lowest BCUT2D eigenvalue weighted by Gasteiger charge is -2.24. The van der Waals surface area contributed by atoms with E-state index in [0.29, 0.717) is 11.5 Å². The van der Waals surface area contributed by atoms with Gasteiger partial charge in [-0.2, -0.15) is 0 Å². The van der Waals surface area contributed by atoms with Gasteiger partial charge in [-0.05, 0) is 26.0 Å². The summed E-state index contributed by atoms with van der Waals surface area (Å²) in [4.78, 5) is 11.8. The summed E-state index contributed by atoms with van der Waals surface area (Å²) in [5.41, 5.74) is 5.00. The average Bonchev–Trinajstić information content (AvgIpc) is 2.53. The minimum Gasteiger partial charge on any atom is -0.493 e. The Bertz CT molecular complexity index is 674. The number of nitrogens with two attached hydrogens (primary N) is 1. The summed E-state index contributed by atoms with van der Waals surface area (Å²) in [5.74, 6) is 0.461. The van der Waals surface area contributed by atoms with Gasteiger partial charge >= 0.3 is 0 Å². The number of methoxy groups -OCH3 is 2. The molecule has 0 spiro atoms. The molecule has 1 aromatic carbocycles. The second-order valence-corrected chi connectivity index (χ2v) is 7.57. The van der Waals surface area contributed by atoms with Crippen molar-refractivity contribution in [3.8, 4) is 11.5 Å². The van der Waals surface area contributed by atoms with Gasteiger partial charge in [0.2, 0.25) is 15.9 Å². The molecule has 4 N–H and O–H groups in total. The largest absolute Gasteiger partial charge is 0.493 e. The van der Waals surface area contributed by atoms with Gasteiger partial charge in [-0.25, -0.2) is 13.1 Å². The maximum Gasteiger partial charge on any atom is 0.240 e. The zero-order valence-corrected chi connectivity index (χ0v) is 15.2. The van der Waals surface area contributed by atoms with E-state index in [9.17, 15) is 13.2 Å². The van der Waals surface area contributed by atoms with Gasteiger partial charge in [0.1, 0.15) is 0 Å². The third-order valence-corrected chi connectivity index (χ3v) is 4.76. The molecule has 0 bridgehead atoms. The van der Waals surface area contributed by atoms with Crippen molar-refractivity contribution in [2.75, 3.05) is 27.3 Å². The summed E-state index contributed by atoms with van der Waals surface area (Å²) >= 11 is 0. The molecular formula is C15H25N3O5S. The molecule has 0 aromatic heterocycles. The molecule has 0 saturated heterocycles. The quantitative estimate of drug-likeness (QED) is 0.580. The third kappa shape index (κ3) is 5.66. The van der Waals surface area contributed by atoms with Gasteiger partial charge < -0.3 is 20.5 Å². The van der Waals surface area contributed by atoms with E-state index in [1.54, 1.807) is 13.8 Å². The first kappa shape index (κ1) is 20.2. The molecule has 9 heteroatoms. The second-order valence-electron chi connectivity index (χ2n) is 5.80. The van der Waals surface area contributed by atoms with Crippen LogP contribution in [0.1, 0.15) is 20.3 Å². The van der Waals surface area contributed by atoms with Crippen LogP contribution in [-0.4, -0.2) is 47.2 Å². The van der Waals surface area contributed by atoms with Crippen LogP contribution in [0, 0.1) is 0 Å². The summed E-state index contributed by atoms with van der Waals surface area (Å²) in [5, 5.41) is 2.73. The van der Waals surface area contributed by atoms with Crippen LogP contribution in [0.15, 0.2) is 23.1 Å². The molecule has 136 valence electrons. The molecular weight excluding hydrogens is 334 g/mol. The lowest BCUT2D eigenvalue weighted by atomic mass is 10.1. The number of carbonyl (C=O) groups is 1. The fourth-order valence-electron chi connectivity index (χ4n) is 1.86. The summed E-state index contributed by atoms with van der Waals surface area (Å²) < 4.78 is 37.1. The number of benzene rings is 1. The van der Waals surface area contributed by atoms with Gasteiger partial charge in [-0.15, -0.1) is 0 Å². The zero-order valence-electron chi connectivity index (χ0n) is 14.4. The minimum atomic E-state index is -3.75. The molecule has 0 aliphatic heterocycles. The second kappa shape index (κ2) is 8.32. The molecule has 0 heterocycles. The third-order valence-electron chi connectivity index (χ3n) is 3.30. The first-order chi connectivity index (χ1) is 11.1. The molecule has 0 atom stereocenters. The Hall–Kier alpha value is -1.84. The van der Waals surface area contributed by atoms with Crippen molar-refractivity contribution in [1.29, 1.82) is 0 Å². The number of carbonyl (C=O) groups excluding carboxylic acids is 1. The summed E-state index contributed by atoms with van der Waals surface area (Å²) in [7, 11) is -0.867. The highest BCUT2D eigenvalue weighted by Gasteiger charge is 2.20. The number of rotatable bonds is 9. The molecule has 8 nitrogen and oxygen atoms in total. The number of hydrogen-bond donors (Lipinski definition) is 3. The predicted octanol–water partition coefficient (Wildman–Crippen LogP) is 0.226. The fraction of sp³-hybridized carbons (Fsp3) is 0.533. The zero-order chi connectivity index (χ0) is 18.4. The molecule has 0 aliphatic rings. The number of sulfonamides is 1. The Kier molecular flexibility index (Phi) is 7.00. The van der Waals surface area contributed by atoms with E-state index in [2.05, 4.69) is 10.0 Å². The Labute approximate surface area is 142 Å². The molecule has 0 saturated carbocycles. The Balaban J connectivity index is 2.69. The highest BCUT2D eigenvalue weighted by molar-refractivity contribution is 7.89. The van der Waals surface area contributed by atoms with Gasteiger partial charge in [-0.1, -0.05) is 0 Å². The van der Waals surface area contributed by atoms with Gasteiger partial charge in [0.05, 0.1) is 19.1 Å². The van der Waals surface area contributed by atoms with Crippen molar-refractivity contribution in [2.24, 2.45) is 5.73 Å². The lowest BCUT2D eigenvalue weighted by Crippen LogP contribution is -2.49. The predicted molar refractivity (Wildman–Crippen MR) is 90.6 cm³/mol. The van der Waals surface area contributed by atoms with Crippen LogP contribution < -0.4 is 25.2 Å². The molecule has 1 aromatic rings. The van der Waals surface area contributed by atoms with E-state index in [1.807, 2.05) is 0 Å². The van der Waals surface area contributed by atoms with Crippen molar-refractivity contribution >= 4 is 15.9 Å². The standard InChI is InChI=1S/C15H25N3O5S/c1-15(2,10-16)18-14(19)7-8-17-24(20,21)11-5-6-12(22-3)13(9-11)23-4/h5-6,9,17H,7-8,10,16H2,1-4H3,(H,18,19). The van der Waals surface area contributed by atoms with Crippen LogP contribution >= 0.6 is 0 Å². The molecule has 0 fully saturated rings. The van der Waals surface area contributed by atoms with Crippen LogP contribution in [-0.2, 0) is 14.8 Å². The molecule has 0 radical (unpaired) electrons. The number of nitrogens with one attached hydrogen (secondary N) is 2. The topological polar surface area (TPSA) is 120 Å². The van der Waals surface area contributed by atoms with Crippen LogP contribution in [0.2, 0.25) is 0 Å². The van der Waals surface area contributed by atoms with Gasteiger partial charge in [-0.3, -0.25) is 4.79 Å². The van der Waals surface area contributed by atoms with Gasteiger partial charge in [0, 0.05) is 31.1 Å². The molecule has 1 rings (SSSR count). The molecule has 0 unspecified atom stereocenters. The molecule has 1 amide bonds. The Morgan fingerprint density at radius 3 is 2.38 bits per heavy atom. The SMILES string of the molecule is COc1ccc(S(=O)(=O)NCCC(=O)NC(C)(C)CN)cc1OC. The van der Waals surface area contributed by atoms with Crippen LogP contribution in [0.3, 0.4) is 0 Å². The first-order valence-corrected chi connectivity index (χ1v) is 8.86. The van der Waals surface area contributed by atoms with E-state index < -0.39 is 15.6 Å². The highest BCUT2D eigenvalue weighted by atomic mass is 32.2. The number of amides is 1. The normalized spacial score (nSPS) is 11.9. The van der Waals surface area contributed by atoms with E-state index in [4.69, 9.17) is 15.2 Å². The van der Waals surface area contributed by atoms with Crippen LogP contribution in [0.4, 0.5) is 0 Å².